The molecule has 28 heavy (non-hydrogen) atoms. The van der Waals surface area contributed by atoms with E-state index in [1.54, 1.807) is 11.3 Å². The molecule has 0 saturated heterocycles. The first kappa shape index (κ1) is 18.9. The molecule has 1 aliphatic rings. The number of aryl methyl sites for hydroxylation is 2. The molecule has 3 aromatic rings. The average molecular weight is 395 g/mol. The Hall–Kier alpha value is -2.40. The maximum absolute atomic E-state index is 13.2. The third kappa shape index (κ3) is 3.90. The van der Waals surface area contributed by atoms with Gasteiger partial charge in [-0.1, -0.05) is 37.3 Å². The molecule has 0 saturated carbocycles. The number of oxazole rings is 1. The van der Waals surface area contributed by atoms with Gasteiger partial charge < -0.3 is 9.32 Å². The second kappa shape index (κ2) is 8.31. The standard InChI is InChI=1S/C23H26N2O2S/c1-3-12-25(19-11-10-17-7-4-5-8-18(17)14-19)22(26)15-20-16(2)27-23(24-20)21-9-6-13-28-21/h4-9,13,19H,3,10-12,14-15H2,1-2H3. The van der Waals surface area contributed by atoms with Gasteiger partial charge in [0, 0.05) is 12.6 Å². The Morgan fingerprint density at radius 2 is 2.07 bits per heavy atom. The van der Waals surface area contributed by atoms with Crippen LogP contribution in [0.25, 0.3) is 10.8 Å². The maximum atomic E-state index is 13.2. The molecule has 0 fully saturated rings. The van der Waals surface area contributed by atoms with Crippen molar-refractivity contribution in [3.8, 4) is 10.8 Å². The lowest BCUT2D eigenvalue weighted by molar-refractivity contribution is -0.133. The minimum atomic E-state index is 0.153. The van der Waals surface area contributed by atoms with Crippen LogP contribution >= 0.6 is 11.3 Å². The number of hydrogen-bond acceptors (Lipinski definition) is 4. The highest BCUT2D eigenvalue weighted by Crippen LogP contribution is 2.28. The largest absolute Gasteiger partial charge is 0.440 e. The van der Waals surface area contributed by atoms with E-state index in [1.165, 1.54) is 11.1 Å². The summed E-state index contributed by atoms with van der Waals surface area (Å²) < 4.78 is 5.82. The van der Waals surface area contributed by atoms with Crippen LogP contribution in [0, 0.1) is 6.92 Å². The Balaban J connectivity index is 1.50. The van der Waals surface area contributed by atoms with Gasteiger partial charge in [0.05, 0.1) is 17.0 Å². The number of amides is 1. The van der Waals surface area contributed by atoms with E-state index in [0.717, 1.165) is 48.6 Å². The number of benzene rings is 1. The van der Waals surface area contributed by atoms with Crippen molar-refractivity contribution in [3.63, 3.8) is 0 Å². The first-order valence-electron chi connectivity index (χ1n) is 10.0. The molecule has 0 spiro atoms. The van der Waals surface area contributed by atoms with Gasteiger partial charge in [0.25, 0.3) is 0 Å². The Morgan fingerprint density at radius 3 is 2.82 bits per heavy atom. The first-order valence-corrected chi connectivity index (χ1v) is 10.9. The summed E-state index contributed by atoms with van der Waals surface area (Å²) in [5, 5.41) is 2.00. The van der Waals surface area contributed by atoms with Crippen molar-refractivity contribution in [1.82, 2.24) is 9.88 Å². The molecule has 2 aromatic heterocycles. The number of hydrogen-bond donors (Lipinski definition) is 0. The van der Waals surface area contributed by atoms with Crippen molar-refractivity contribution in [3.05, 3.63) is 64.4 Å². The zero-order valence-electron chi connectivity index (χ0n) is 16.5. The molecule has 0 bridgehead atoms. The van der Waals surface area contributed by atoms with Gasteiger partial charge >= 0.3 is 0 Å². The predicted octanol–water partition coefficient (Wildman–Crippen LogP) is 5.05. The van der Waals surface area contributed by atoms with Gasteiger partial charge in [0.15, 0.2) is 0 Å². The minimum absolute atomic E-state index is 0.153. The number of carbonyl (C=O) groups excluding carboxylic acids is 1. The van der Waals surface area contributed by atoms with E-state index in [4.69, 9.17) is 4.42 Å². The van der Waals surface area contributed by atoms with Crippen molar-refractivity contribution < 1.29 is 9.21 Å². The normalized spacial score (nSPS) is 16.0. The molecule has 5 heteroatoms. The zero-order valence-corrected chi connectivity index (χ0v) is 17.3. The summed E-state index contributed by atoms with van der Waals surface area (Å²) in [5.74, 6) is 1.51. The SMILES string of the molecule is CCCN(C(=O)Cc1nc(-c2cccs2)oc1C)C1CCc2ccccc2C1. The summed E-state index contributed by atoms with van der Waals surface area (Å²) in [5.41, 5.74) is 3.56. The fraction of sp³-hybridized carbons (Fsp3) is 0.391. The predicted molar refractivity (Wildman–Crippen MR) is 113 cm³/mol. The lowest BCUT2D eigenvalue weighted by atomic mass is 9.87. The van der Waals surface area contributed by atoms with E-state index in [2.05, 4.69) is 41.1 Å². The van der Waals surface area contributed by atoms with Gasteiger partial charge in [-0.25, -0.2) is 4.98 Å². The number of fused-ring (bicyclic) bond motifs is 1. The van der Waals surface area contributed by atoms with E-state index in [0.29, 0.717) is 12.3 Å². The summed E-state index contributed by atoms with van der Waals surface area (Å²) in [6, 6.07) is 12.9. The molecule has 0 radical (unpaired) electrons. The Morgan fingerprint density at radius 1 is 1.25 bits per heavy atom. The number of thiophene rings is 1. The molecule has 0 aliphatic heterocycles. The van der Waals surface area contributed by atoms with Crippen LogP contribution in [0.3, 0.4) is 0 Å². The summed E-state index contributed by atoms with van der Waals surface area (Å²) in [6.45, 7) is 4.82. The third-order valence-electron chi connectivity index (χ3n) is 5.49. The van der Waals surface area contributed by atoms with Crippen molar-refractivity contribution in [1.29, 1.82) is 0 Å². The Labute approximate surface area is 170 Å². The summed E-state index contributed by atoms with van der Waals surface area (Å²) >= 11 is 1.60. The molecule has 1 atom stereocenters. The van der Waals surface area contributed by atoms with E-state index in [1.807, 2.05) is 24.4 Å². The number of nitrogens with zero attached hydrogens (tertiary/aromatic N) is 2. The van der Waals surface area contributed by atoms with Gasteiger partial charge in [-0.2, -0.15) is 0 Å². The van der Waals surface area contributed by atoms with Crippen molar-refractivity contribution in [2.75, 3.05) is 6.54 Å². The second-order valence-corrected chi connectivity index (χ2v) is 8.38. The highest BCUT2D eigenvalue weighted by Gasteiger charge is 2.28. The fourth-order valence-corrected chi connectivity index (χ4v) is 4.69. The van der Waals surface area contributed by atoms with Crippen molar-refractivity contribution >= 4 is 17.2 Å². The number of carbonyl (C=O) groups is 1. The molecule has 1 aromatic carbocycles. The second-order valence-electron chi connectivity index (χ2n) is 7.43. The highest BCUT2D eigenvalue weighted by molar-refractivity contribution is 7.13. The smallest absolute Gasteiger partial charge is 0.236 e. The number of aromatic nitrogens is 1. The lowest BCUT2D eigenvalue weighted by Gasteiger charge is -2.35. The van der Waals surface area contributed by atoms with Crippen LogP contribution in [0.15, 0.2) is 46.2 Å². The van der Waals surface area contributed by atoms with Gasteiger partial charge in [0.2, 0.25) is 11.8 Å². The van der Waals surface area contributed by atoms with Crippen LogP contribution in [0.1, 0.15) is 42.3 Å². The maximum Gasteiger partial charge on any atom is 0.236 e. The molecular weight excluding hydrogens is 368 g/mol. The van der Waals surface area contributed by atoms with E-state index < -0.39 is 0 Å². The molecule has 4 rings (SSSR count). The number of rotatable bonds is 6. The van der Waals surface area contributed by atoms with E-state index >= 15 is 0 Å². The van der Waals surface area contributed by atoms with Crippen LogP contribution in [0.5, 0.6) is 0 Å². The fourth-order valence-electron chi connectivity index (χ4n) is 4.04. The quantitative estimate of drug-likeness (QED) is 0.588. The topological polar surface area (TPSA) is 46.3 Å². The lowest BCUT2D eigenvalue weighted by Crippen LogP contribution is -2.44. The summed E-state index contributed by atoms with van der Waals surface area (Å²) in [6.07, 6.45) is 4.28. The van der Waals surface area contributed by atoms with Crippen LogP contribution in [0.4, 0.5) is 0 Å². The molecular formula is C23H26N2O2S. The molecule has 2 heterocycles. The van der Waals surface area contributed by atoms with E-state index in [9.17, 15) is 4.79 Å². The molecule has 0 N–H and O–H groups in total. The third-order valence-corrected chi connectivity index (χ3v) is 6.35. The van der Waals surface area contributed by atoms with Crippen molar-refractivity contribution in [2.24, 2.45) is 0 Å². The molecule has 4 nitrogen and oxygen atoms in total. The Bertz CT molecular complexity index is 945. The highest BCUT2D eigenvalue weighted by atomic mass is 32.1. The van der Waals surface area contributed by atoms with Crippen LogP contribution in [-0.4, -0.2) is 28.4 Å². The van der Waals surface area contributed by atoms with Crippen LogP contribution in [0.2, 0.25) is 0 Å². The van der Waals surface area contributed by atoms with Crippen molar-refractivity contribution in [2.45, 2.75) is 52.0 Å². The monoisotopic (exact) mass is 394 g/mol. The first-order chi connectivity index (χ1) is 13.7. The Kier molecular flexibility index (Phi) is 5.62. The molecule has 1 amide bonds. The van der Waals surface area contributed by atoms with Gasteiger partial charge in [0.1, 0.15) is 5.76 Å². The average Bonchev–Trinajstić information content (AvgIpc) is 3.36. The minimum Gasteiger partial charge on any atom is -0.440 e. The van der Waals surface area contributed by atoms with Gasteiger partial charge in [-0.3, -0.25) is 4.79 Å². The van der Waals surface area contributed by atoms with Gasteiger partial charge in [-0.15, -0.1) is 11.3 Å². The molecule has 146 valence electrons. The van der Waals surface area contributed by atoms with E-state index in [-0.39, 0.29) is 11.9 Å². The van der Waals surface area contributed by atoms with Gasteiger partial charge in [-0.05, 0) is 55.2 Å². The van der Waals surface area contributed by atoms with Crippen LogP contribution < -0.4 is 0 Å². The summed E-state index contributed by atoms with van der Waals surface area (Å²) in [7, 11) is 0. The van der Waals surface area contributed by atoms with Crippen LogP contribution in [-0.2, 0) is 24.1 Å². The zero-order chi connectivity index (χ0) is 19.5. The summed E-state index contributed by atoms with van der Waals surface area (Å²) in [4.78, 5) is 20.9. The molecule has 1 unspecified atom stereocenters. The molecule has 1 aliphatic carbocycles.